The van der Waals surface area contributed by atoms with E-state index in [0.29, 0.717) is 12.2 Å². The van der Waals surface area contributed by atoms with Crippen LogP contribution in [0.25, 0.3) is 0 Å². The van der Waals surface area contributed by atoms with Gasteiger partial charge < -0.3 is 4.74 Å². The van der Waals surface area contributed by atoms with E-state index in [4.69, 9.17) is 4.74 Å². The summed E-state index contributed by atoms with van der Waals surface area (Å²) in [6, 6.07) is 7.21. The molecule has 2 atom stereocenters. The van der Waals surface area contributed by atoms with Crippen molar-refractivity contribution in [1.82, 2.24) is 0 Å². The molecule has 0 saturated heterocycles. The highest BCUT2D eigenvalue weighted by Gasteiger charge is 2.61. The van der Waals surface area contributed by atoms with Gasteiger partial charge in [-0.05, 0) is 19.4 Å². The van der Waals surface area contributed by atoms with Crippen LogP contribution in [0.2, 0.25) is 0 Å². The summed E-state index contributed by atoms with van der Waals surface area (Å²) in [7, 11) is 0. The lowest BCUT2D eigenvalue weighted by molar-refractivity contribution is -0.145. The molecule has 3 heteroatoms. The standard InChI is InChI=1S/C13H15FO2/c1-3-16-12(15)11-8-13(11,14)10-6-4-9(2)5-7-10/h4-7,11H,3,8H2,1-2H3/t11-,13-/m0/s1. The second kappa shape index (κ2) is 3.89. The Hall–Kier alpha value is -1.38. The number of halogens is 1. The second-order valence-electron chi connectivity index (χ2n) is 4.24. The molecular formula is C13H15FO2. The summed E-state index contributed by atoms with van der Waals surface area (Å²) in [5.41, 5.74) is 0.164. The molecule has 1 aromatic rings. The molecule has 2 rings (SSSR count). The van der Waals surface area contributed by atoms with Gasteiger partial charge in [0.25, 0.3) is 0 Å². The van der Waals surface area contributed by atoms with Crippen LogP contribution in [0.15, 0.2) is 24.3 Å². The van der Waals surface area contributed by atoms with E-state index in [0.717, 1.165) is 5.56 Å². The van der Waals surface area contributed by atoms with Gasteiger partial charge in [0.05, 0.1) is 12.5 Å². The lowest BCUT2D eigenvalue weighted by Crippen LogP contribution is -2.13. The first-order chi connectivity index (χ1) is 7.58. The van der Waals surface area contributed by atoms with Crippen LogP contribution < -0.4 is 0 Å². The summed E-state index contributed by atoms with van der Waals surface area (Å²) in [4.78, 5) is 11.4. The summed E-state index contributed by atoms with van der Waals surface area (Å²) in [6.45, 7) is 3.98. The number of hydrogen-bond acceptors (Lipinski definition) is 2. The fourth-order valence-electron chi connectivity index (χ4n) is 1.90. The van der Waals surface area contributed by atoms with Crippen molar-refractivity contribution in [3.63, 3.8) is 0 Å². The Labute approximate surface area is 94.4 Å². The van der Waals surface area contributed by atoms with Crippen molar-refractivity contribution in [3.8, 4) is 0 Å². The zero-order valence-corrected chi connectivity index (χ0v) is 9.50. The Morgan fingerprint density at radius 3 is 2.69 bits per heavy atom. The largest absolute Gasteiger partial charge is 0.466 e. The molecule has 2 nitrogen and oxygen atoms in total. The number of rotatable bonds is 3. The van der Waals surface area contributed by atoms with Crippen molar-refractivity contribution in [2.24, 2.45) is 5.92 Å². The maximum Gasteiger partial charge on any atom is 0.312 e. The van der Waals surface area contributed by atoms with Gasteiger partial charge in [-0.2, -0.15) is 0 Å². The maximum absolute atomic E-state index is 14.3. The third-order valence-electron chi connectivity index (χ3n) is 3.00. The van der Waals surface area contributed by atoms with Crippen LogP contribution in [0.4, 0.5) is 4.39 Å². The Bertz CT molecular complexity index is 399. The van der Waals surface area contributed by atoms with E-state index in [1.54, 1.807) is 19.1 Å². The molecular weight excluding hydrogens is 207 g/mol. The van der Waals surface area contributed by atoms with Gasteiger partial charge in [-0.3, -0.25) is 4.79 Å². The zero-order valence-electron chi connectivity index (χ0n) is 9.50. The van der Waals surface area contributed by atoms with Gasteiger partial charge in [-0.25, -0.2) is 4.39 Å². The van der Waals surface area contributed by atoms with Crippen molar-refractivity contribution in [2.75, 3.05) is 6.61 Å². The first-order valence-corrected chi connectivity index (χ1v) is 5.50. The predicted octanol–water partition coefficient (Wildman–Crippen LogP) is 2.74. The Morgan fingerprint density at radius 2 is 2.12 bits per heavy atom. The molecule has 0 spiro atoms. The van der Waals surface area contributed by atoms with Gasteiger partial charge in [0.2, 0.25) is 0 Å². The quantitative estimate of drug-likeness (QED) is 0.735. The Morgan fingerprint density at radius 1 is 1.50 bits per heavy atom. The van der Waals surface area contributed by atoms with Crippen LogP contribution in [-0.2, 0) is 15.2 Å². The number of esters is 1. The minimum atomic E-state index is -1.50. The Kier molecular flexibility index (Phi) is 2.70. The SMILES string of the molecule is CCOC(=O)[C@@H]1C[C@]1(F)c1ccc(C)cc1. The number of hydrogen-bond donors (Lipinski definition) is 0. The van der Waals surface area contributed by atoms with Crippen molar-refractivity contribution < 1.29 is 13.9 Å². The van der Waals surface area contributed by atoms with Crippen molar-refractivity contribution in [2.45, 2.75) is 25.9 Å². The molecule has 1 aliphatic rings. The number of carbonyl (C=O) groups is 1. The van der Waals surface area contributed by atoms with E-state index < -0.39 is 17.6 Å². The lowest BCUT2D eigenvalue weighted by Gasteiger charge is -2.08. The monoisotopic (exact) mass is 222 g/mol. The highest BCUT2D eigenvalue weighted by Crippen LogP contribution is 2.56. The summed E-state index contributed by atoms with van der Waals surface area (Å²) < 4.78 is 19.1. The Balaban J connectivity index is 2.12. The molecule has 0 radical (unpaired) electrons. The fraction of sp³-hybridized carbons (Fsp3) is 0.462. The van der Waals surface area contributed by atoms with Crippen molar-refractivity contribution >= 4 is 5.97 Å². The molecule has 0 unspecified atom stereocenters. The number of benzene rings is 1. The summed E-state index contributed by atoms with van der Waals surface area (Å²) in [6.07, 6.45) is 0.245. The van der Waals surface area contributed by atoms with Crippen LogP contribution >= 0.6 is 0 Å². The number of carbonyl (C=O) groups excluding carboxylic acids is 1. The number of aryl methyl sites for hydroxylation is 1. The first-order valence-electron chi connectivity index (χ1n) is 5.50. The van der Waals surface area contributed by atoms with E-state index in [1.807, 2.05) is 19.1 Å². The van der Waals surface area contributed by atoms with Gasteiger partial charge in [-0.15, -0.1) is 0 Å². The molecule has 1 aromatic carbocycles. The van der Waals surface area contributed by atoms with Crippen molar-refractivity contribution in [1.29, 1.82) is 0 Å². The maximum atomic E-state index is 14.3. The normalized spacial score (nSPS) is 27.6. The van der Waals surface area contributed by atoms with Gasteiger partial charge in [-0.1, -0.05) is 29.8 Å². The van der Waals surface area contributed by atoms with Crippen LogP contribution in [0, 0.1) is 12.8 Å². The molecule has 1 aliphatic carbocycles. The summed E-state index contributed by atoms with van der Waals surface area (Å²) >= 11 is 0. The molecule has 0 N–H and O–H groups in total. The van der Waals surface area contributed by atoms with E-state index >= 15 is 0 Å². The first kappa shape index (κ1) is 11.1. The number of ether oxygens (including phenoxy) is 1. The molecule has 1 fully saturated rings. The highest BCUT2D eigenvalue weighted by molar-refractivity contribution is 5.78. The van der Waals surface area contributed by atoms with Crippen molar-refractivity contribution in [3.05, 3.63) is 35.4 Å². The smallest absolute Gasteiger partial charge is 0.312 e. The topological polar surface area (TPSA) is 26.3 Å². The van der Waals surface area contributed by atoms with E-state index in [2.05, 4.69) is 0 Å². The van der Waals surface area contributed by atoms with Crippen LogP contribution in [0.5, 0.6) is 0 Å². The third kappa shape index (κ3) is 1.82. The molecule has 0 amide bonds. The van der Waals surface area contributed by atoms with Gasteiger partial charge in [0.1, 0.15) is 5.67 Å². The van der Waals surface area contributed by atoms with E-state index in [9.17, 15) is 9.18 Å². The van der Waals surface area contributed by atoms with Gasteiger partial charge in [0.15, 0.2) is 0 Å². The minimum Gasteiger partial charge on any atom is -0.466 e. The third-order valence-corrected chi connectivity index (χ3v) is 3.00. The fourth-order valence-corrected chi connectivity index (χ4v) is 1.90. The zero-order chi connectivity index (χ0) is 11.8. The molecule has 0 bridgehead atoms. The molecule has 0 heterocycles. The van der Waals surface area contributed by atoms with Crippen LogP contribution in [0.1, 0.15) is 24.5 Å². The average molecular weight is 222 g/mol. The molecule has 0 aliphatic heterocycles. The highest BCUT2D eigenvalue weighted by atomic mass is 19.1. The predicted molar refractivity (Wildman–Crippen MR) is 58.7 cm³/mol. The molecule has 86 valence electrons. The van der Waals surface area contributed by atoms with Crippen LogP contribution in [-0.4, -0.2) is 12.6 Å². The average Bonchev–Trinajstić information content (AvgIpc) is 2.93. The second-order valence-corrected chi connectivity index (χ2v) is 4.24. The van der Waals surface area contributed by atoms with Gasteiger partial charge in [0, 0.05) is 6.42 Å². The minimum absolute atomic E-state index is 0.245. The number of alkyl halides is 1. The van der Waals surface area contributed by atoms with E-state index in [-0.39, 0.29) is 6.42 Å². The summed E-state index contributed by atoms with van der Waals surface area (Å²) in [5.74, 6) is -1.04. The molecule has 1 saturated carbocycles. The summed E-state index contributed by atoms with van der Waals surface area (Å²) in [5, 5.41) is 0. The van der Waals surface area contributed by atoms with E-state index in [1.165, 1.54) is 0 Å². The molecule has 0 aromatic heterocycles. The molecule has 16 heavy (non-hydrogen) atoms. The lowest BCUT2D eigenvalue weighted by atomic mass is 10.1. The van der Waals surface area contributed by atoms with Crippen LogP contribution in [0.3, 0.4) is 0 Å². The van der Waals surface area contributed by atoms with Gasteiger partial charge >= 0.3 is 5.97 Å².